The summed E-state index contributed by atoms with van der Waals surface area (Å²) < 4.78 is 135. The number of anilines is 1. The summed E-state index contributed by atoms with van der Waals surface area (Å²) in [6.45, 7) is 8.23. The Morgan fingerprint density at radius 3 is 2.00 bits per heavy atom. The van der Waals surface area contributed by atoms with E-state index in [0.717, 1.165) is 22.5 Å². The maximum atomic E-state index is 12.2. The van der Waals surface area contributed by atoms with E-state index in [0.29, 0.717) is 27.7 Å². The summed E-state index contributed by atoms with van der Waals surface area (Å²) in [4.78, 5) is 1.48. The molecule has 4 N–H and O–H groups in total. The highest BCUT2D eigenvalue weighted by Gasteiger charge is 2.46. The summed E-state index contributed by atoms with van der Waals surface area (Å²) >= 11 is 0. The molecule has 0 aromatic heterocycles. The van der Waals surface area contributed by atoms with E-state index in [-0.39, 0.29) is 43.7 Å². The van der Waals surface area contributed by atoms with Crippen LogP contribution in [0.3, 0.4) is 0 Å². The molecule has 294 valence electrons. The van der Waals surface area contributed by atoms with Crippen molar-refractivity contribution in [2.75, 3.05) is 35.2 Å². The molecule has 0 saturated carbocycles. The van der Waals surface area contributed by atoms with Crippen LogP contribution in [0.1, 0.15) is 63.1 Å². The van der Waals surface area contributed by atoms with Gasteiger partial charge in [-0.2, -0.15) is 38.2 Å². The summed E-state index contributed by atoms with van der Waals surface area (Å²) in [5, 5.41) is 1.07. The number of aryl methyl sites for hydroxylation is 1. The molecule has 0 aliphatic carbocycles. The summed E-state index contributed by atoms with van der Waals surface area (Å²) in [5.74, 6) is -1.55. The van der Waals surface area contributed by atoms with Crippen LogP contribution in [0.2, 0.25) is 0 Å². The van der Waals surface area contributed by atoms with Crippen LogP contribution >= 0.6 is 0 Å². The van der Waals surface area contributed by atoms with Crippen molar-refractivity contribution in [1.82, 2.24) is 0 Å². The molecule has 2 aliphatic heterocycles. The number of hydrogen-bond donors (Lipinski definition) is 4. The molecule has 2 aliphatic rings. The Balaban J connectivity index is 1.71. The first-order valence-corrected chi connectivity index (χ1v) is 23.4. The number of nitrogens with zero attached hydrogens (tertiary/aromatic N) is 2. The second-order valence-corrected chi connectivity index (χ2v) is 20.7. The highest BCUT2D eigenvalue weighted by Crippen LogP contribution is 2.53. The van der Waals surface area contributed by atoms with Gasteiger partial charge in [0.1, 0.15) is 6.54 Å². The fourth-order valence-electron chi connectivity index (χ4n) is 7.75. The molecule has 1 atom stereocenters. The maximum absolute atomic E-state index is 12.2. The average molecular weight is 826 g/mol. The van der Waals surface area contributed by atoms with Gasteiger partial charge in [0.05, 0.1) is 27.6 Å². The molecule has 0 fully saturated rings. The molecule has 2 heterocycles. The van der Waals surface area contributed by atoms with Crippen molar-refractivity contribution in [2.24, 2.45) is 0 Å². The minimum atomic E-state index is -4.62. The lowest BCUT2D eigenvalue weighted by Crippen LogP contribution is -2.31. The van der Waals surface area contributed by atoms with E-state index < -0.39 is 68.6 Å². The van der Waals surface area contributed by atoms with E-state index in [4.69, 9.17) is 0 Å². The lowest BCUT2D eigenvalue weighted by atomic mass is 9.75. The fourth-order valence-corrected chi connectivity index (χ4v) is 9.76. The zero-order valence-corrected chi connectivity index (χ0v) is 33.6. The second-order valence-electron chi connectivity index (χ2n) is 14.6. The van der Waals surface area contributed by atoms with Gasteiger partial charge < -0.3 is 4.90 Å². The molecule has 5 rings (SSSR count). The van der Waals surface area contributed by atoms with Gasteiger partial charge in [0.15, 0.2) is 5.71 Å². The van der Waals surface area contributed by atoms with Crippen molar-refractivity contribution in [3.63, 3.8) is 0 Å². The molecule has 0 radical (unpaired) electrons. The maximum Gasteiger partial charge on any atom is 0.294 e. The van der Waals surface area contributed by atoms with Crippen molar-refractivity contribution in [1.29, 1.82) is 0 Å². The Morgan fingerprint density at radius 2 is 1.37 bits per heavy atom. The summed E-state index contributed by atoms with van der Waals surface area (Å²) in [7, 11) is -17.5. The molecule has 3 aromatic rings. The topological polar surface area (TPSA) is 224 Å². The smallest absolute Gasteiger partial charge is 0.294 e. The van der Waals surface area contributed by atoms with Crippen LogP contribution in [-0.2, 0) is 51.3 Å². The summed E-state index contributed by atoms with van der Waals surface area (Å²) in [6.07, 6.45) is 5.72. The predicted octanol–water partition coefficient (Wildman–Crippen LogP) is 5.21. The molecule has 0 amide bonds. The lowest BCUT2D eigenvalue weighted by Gasteiger charge is -2.31. The van der Waals surface area contributed by atoms with Gasteiger partial charge in [-0.05, 0) is 93.6 Å². The number of fused-ring (bicyclic) bond motifs is 4. The zero-order valence-electron chi connectivity index (χ0n) is 30.3. The minimum absolute atomic E-state index is 0.00979. The Morgan fingerprint density at radius 1 is 0.759 bits per heavy atom. The standard InChI is InChI=1S/C36H44N2O12S4/c1-25-11-15-30-29(23-25)35(2,3)32(37(30)18-7-21-52(42,43)44)9-5-10-33-36(4,17-6-20-51(39,40)41)34-28-24-27(54(48,49)50)14-12-26(28)13-16-31(34)38(33)19-8-22-53(45,46)47/h5,9-16,23-24H,6-8,17-22H2,1-4H3,(H3-,39,40,41,42,43,44,45,46,47,48,49,50)/p+1. The Bertz CT molecular complexity index is 2540. The average Bonchev–Trinajstić information content (AvgIpc) is 3.38. The van der Waals surface area contributed by atoms with Crippen molar-refractivity contribution < 1.29 is 56.5 Å². The Kier molecular flexibility index (Phi) is 11.5. The van der Waals surface area contributed by atoms with Gasteiger partial charge in [0, 0.05) is 47.5 Å². The monoisotopic (exact) mass is 825 g/mol. The quantitative estimate of drug-likeness (QED) is 0.114. The van der Waals surface area contributed by atoms with E-state index in [1.165, 1.54) is 18.2 Å². The number of benzene rings is 3. The van der Waals surface area contributed by atoms with Crippen molar-refractivity contribution in [3.8, 4) is 0 Å². The van der Waals surface area contributed by atoms with Crippen LogP contribution in [0, 0.1) is 6.92 Å². The molecule has 0 spiro atoms. The van der Waals surface area contributed by atoms with Crippen molar-refractivity contribution >= 4 is 68.3 Å². The van der Waals surface area contributed by atoms with Gasteiger partial charge in [-0.1, -0.05) is 29.8 Å². The van der Waals surface area contributed by atoms with Crippen LogP contribution in [0.25, 0.3) is 10.8 Å². The van der Waals surface area contributed by atoms with Gasteiger partial charge >= 0.3 is 0 Å². The highest BCUT2D eigenvalue weighted by atomic mass is 32.2. The first-order valence-electron chi connectivity index (χ1n) is 17.1. The first-order chi connectivity index (χ1) is 24.8. The van der Waals surface area contributed by atoms with E-state index in [1.807, 2.05) is 55.4 Å². The normalized spacial score (nSPS) is 19.7. The van der Waals surface area contributed by atoms with Gasteiger partial charge in [-0.25, -0.2) is 0 Å². The van der Waals surface area contributed by atoms with E-state index >= 15 is 0 Å². The minimum Gasteiger partial charge on any atom is -0.344 e. The van der Waals surface area contributed by atoms with Gasteiger partial charge in [-0.3, -0.25) is 18.2 Å². The van der Waals surface area contributed by atoms with Crippen molar-refractivity contribution in [3.05, 3.63) is 89.1 Å². The second kappa shape index (κ2) is 14.9. The van der Waals surface area contributed by atoms with Crippen LogP contribution in [0.5, 0.6) is 0 Å². The van der Waals surface area contributed by atoms with Crippen molar-refractivity contribution in [2.45, 2.75) is 69.1 Å². The number of rotatable bonds is 15. The van der Waals surface area contributed by atoms with Gasteiger partial charge in [0.2, 0.25) is 5.69 Å². The number of hydrogen-bond acceptors (Lipinski definition) is 9. The van der Waals surface area contributed by atoms with E-state index in [1.54, 1.807) is 24.3 Å². The molecule has 54 heavy (non-hydrogen) atoms. The SMILES string of the molecule is Cc1ccc2c(c1)C(C)(C)C(C=CC=C1N(CCCS(=O)(=O)O)c3ccc4ccc(S(=O)(=O)O)cc4c3C1(C)CCCS(=O)(=O)O)=[N+]2CCCS(=O)(=O)O. The summed E-state index contributed by atoms with van der Waals surface area (Å²) in [5.41, 5.74) is 3.88. The largest absolute Gasteiger partial charge is 0.344 e. The molecule has 14 nitrogen and oxygen atoms in total. The van der Waals surface area contributed by atoms with Gasteiger partial charge in [-0.15, -0.1) is 0 Å². The third-order valence-electron chi connectivity index (χ3n) is 10.2. The van der Waals surface area contributed by atoms with E-state index in [9.17, 15) is 51.9 Å². The molecule has 1 unspecified atom stereocenters. The molecule has 0 bridgehead atoms. The first kappa shape index (κ1) is 41.7. The molecule has 18 heteroatoms. The lowest BCUT2D eigenvalue weighted by molar-refractivity contribution is -0.437. The molecular weight excluding hydrogens is 781 g/mol. The Hall–Kier alpha value is -3.49. The molecular formula is C36H45N2O12S4+. The van der Waals surface area contributed by atoms with Crippen LogP contribution in [0.4, 0.5) is 11.4 Å². The molecule has 0 saturated heterocycles. The zero-order chi connectivity index (χ0) is 40.1. The third-order valence-corrected chi connectivity index (χ3v) is 13.4. The van der Waals surface area contributed by atoms with Crippen LogP contribution in [-0.4, -0.2) is 92.5 Å². The van der Waals surface area contributed by atoms with Gasteiger partial charge in [0.25, 0.3) is 40.5 Å². The number of allylic oxidation sites excluding steroid dienone is 4. The molecule has 3 aromatic carbocycles. The highest BCUT2D eigenvalue weighted by molar-refractivity contribution is 7.86. The summed E-state index contributed by atoms with van der Waals surface area (Å²) in [6, 6.07) is 13.6. The Labute approximate surface area is 316 Å². The van der Waals surface area contributed by atoms with Crippen LogP contribution in [0.15, 0.2) is 77.4 Å². The third kappa shape index (κ3) is 9.13. The van der Waals surface area contributed by atoms with E-state index in [2.05, 4.69) is 6.07 Å². The fraction of sp³-hybridized carbons (Fsp3) is 0.417. The predicted molar refractivity (Wildman–Crippen MR) is 207 cm³/mol. The van der Waals surface area contributed by atoms with Crippen LogP contribution < -0.4 is 4.90 Å².